The molecular formula is C39H33N3O. The van der Waals surface area contributed by atoms with Crippen LogP contribution in [0.25, 0.3) is 33.3 Å². The Balaban J connectivity index is 1.15. The van der Waals surface area contributed by atoms with Gasteiger partial charge in [-0.3, -0.25) is 9.69 Å². The van der Waals surface area contributed by atoms with Crippen molar-refractivity contribution < 1.29 is 4.79 Å². The Kier molecular flexibility index (Phi) is 7.51. The summed E-state index contributed by atoms with van der Waals surface area (Å²) in [6.45, 7) is 2.95. The zero-order valence-electron chi connectivity index (χ0n) is 24.0. The van der Waals surface area contributed by atoms with Crippen molar-refractivity contribution in [3.63, 3.8) is 0 Å². The molecule has 1 aliphatic rings. The number of carbonyl (C=O) groups excluding carboxylic acids is 1. The summed E-state index contributed by atoms with van der Waals surface area (Å²) in [7, 11) is 0. The van der Waals surface area contributed by atoms with E-state index in [1.165, 1.54) is 16.7 Å². The molecule has 0 N–H and O–H groups in total. The first-order chi connectivity index (χ1) is 21.2. The van der Waals surface area contributed by atoms with Crippen LogP contribution in [0.4, 0.5) is 0 Å². The number of aromatic nitrogens is 1. The molecule has 0 atom stereocenters. The van der Waals surface area contributed by atoms with Crippen molar-refractivity contribution in [2.75, 3.05) is 26.2 Å². The first-order valence-electron chi connectivity index (χ1n) is 14.9. The number of para-hydroxylation sites is 1. The first-order valence-corrected chi connectivity index (χ1v) is 14.9. The van der Waals surface area contributed by atoms with Crippen LogP contribution < -0.4 is 0 Å². The van der Waals surface area contributed by atoms with Crippen molar-refractivity contribution in [1.82, 2.24) is 14.8 Å². The molecule has 1 aliphatic heterocycles. The molecule has 1 saturated heterocycles. The van der Waals surface area contributed by atoms with Crippen LogP contribution in [0.15, 0.2) is 146 Å². The van der Waals surface area contributed by atoms with Crippen LogP contribution in [0.1, 0.15) is 27.5 Å². The summed E-state index contributed by atoms with van der Waals surface area (Å²) in [5.41, 5.74) is 8.24. The van der Waals surface area contributed by atoms with Gasteiger partial charge >= 0.3 is 0 Å². The minimum Gasteiger partial charge on any atom is -0.336 e. The lowest BCUT2D eigenvalue weighted by molar-refractivity contribution is 0.0599. The minimum atomic E-state index is 0.0661. The van der Waals surface area contributed by atoms with Gasteiger partial charge in [0, 0.05) is 37.1 Å². The highest BCUT2D eigenvalue weighted by molar-refractivity contribution is 6.07. The molecule has 0 radical (unpaired) electrons. The predicted molar refractivity (Wildman–Crippen MR) is 175 cm³/mol. The number of nitrogens with zero attached hydrogens (tertiary/aromatic N) is 3. The van der Waals surface area contributed by atoms with Crippen molar-refractivity contribution >= 4 is 16.8 Å². The quantitative estimate of drug-likeness (QED) is 0.207. The molecule has 4 nitrogen and oxygen atoms in total. The Morgan fingerprint density at radius 2 is 1.07 bits per heavy atom. The monoisotopic (exact) mass is 559 g/mol. The highest BCUT2D eigenvalue weighted by atomic mass is 16.2. The lowest BCUT2D eigenvalue weighted by Gasteiger charge is -2.40. The van der Waals surface area contributed by atoms with E-state index in [9.17, 15) is 4.79 Å². The van der Waals surface area contributed by atoms with E-state index in [0.29, 0.717) is 18.7 Å². The third-order valence-electron chi connectivity index (χ3n) is 8.43. The first kappa shape index (κ1) is 26.8. The van der Waals surface area contributed by atoms with Crippen LogP contribution in [0, 0.1) is 0 Å². The maximum Gasteiger partial charge on any atom is 0.254 e. The van der Waals surface area contributed by atoms with Crippen molar-refractivity contribution in [3.05, 3.63) is 162 Å². The average molecular weight is 560 g/mol. The zero-order chi connectivity index (χ0) is 29.0. The van der Waals surface area contributed by atoms with E-state index >= 15 is 0 Å². The van der Waals surface area contributed by atoms with Crippen LogP contribution in [-0.4, -0.2) is 46.9 Å². The fourth-order valence-electron chi connectivity index (χ4n) is 6.20. The molecule has 6 aromatic rings. The molecule has 0 aliphatic carbocycles. The van der Waals surface area contributed by atoms with Crippen molar-refractivity contribution in [3.8, 4) is 22.4 Å². The lowest BCUT2D eigenvalue weighted by atomic mass is 9.96. The fourth-order valence-corrected chi connectivity index (χ4v) is 6.20. The second kappa shape index (κ2) is 12.0. The smallest absolute Gasteiger partial charge is 0.254 e. The normalized spacial score (nSPS) is 13.8. The third-order valence-corrected chi connectivity index (χ3v) is 8.43. The molecule has 1 aromatic heterocycles. The molecule has 0 spiro atoms. The number of hydrogen-bond acceptors (Lipinski definition) is 3. The van der Waals surface area contributed by atoms with Crippen LogP contribution in [0.2, 0.25) is 0 Å². The second-order valence-electron chi connectivity index (χ2n) is 11.1. The number of pyridine rings is 1. The predicted octanol–water partition coefficient (Wildman–Crippen LogP) is 8.12. The molecule has 0 saturated carbocycles. The van der Waals surface area contributed by atoms with E-state index in [1.807, 2.05) is 41.3 Å². The number of fused-ring (bicyclic) bond motifs is 1. The van der Waals surface area contributed by atoms with Gasteiger partial charge in [-0.2, -0.15) is 0 Å². The number of piperazine rings is 1. The van der Waals surface area contributed by atoms with Crippen LogP contribution in [0.3, 0.4) is 0 Å². The summed E-state index contributed by atoms with van der Waals surface area (Å²) in [5, 5.41) is 0.894. The topological polar surface area (TPSA) is 36.4 Å². The number of benzene rings is 5. The fraction of sp³-hybridized carbons (Fsp3) is 0.128. The van der Waals surface area contributed by atoms with Crippen LogP contribution >= 0.6 is 0 Å². The van der Waals surface area contributed by atoms with Gasteiger partial charge in [0.05, 0.1) is 22.8 Å². The Labute approximate surface area is 252 Å². The van der Waals surface area contributed by atoms with Gasteiger partial charge in [0.25, 0.3) is 5.91 Å². The Bertz CT molecular complexity index is 1790. The van der Waals surface area contributed by atoms with Crippen LogP contribution in [0.5, 0.6) is 0 Å². The van der Waals surface area contributed by atoms with E-state index in [2.05, 4.69) is 114 Å². The van der Waals surface area contributed by atoms with E-state index in [-0.39, 0.29) is 11.9 Å². The molecule has 0 bridgehead atoms. The van der Waals surface area contributed by atoms with Crippen molar-refractivity contribution in [2.45, 2.75) is 6.04 Å². The van der Waals surface area contributed by atoms with Gasteiger partial charge in [-0.15, -0.1) is 0 Å². The van der Waals surface area contributed by atoms with Gasteiger partial charge in [-0.25, -0.2) is 4.98 Å². The molecule has 1 fully saturated rings. The van der Waals surface area contributed by atoms with Crippen molar-refractivity contribution in [2.24, 2.45) is 0 Å². The SMILES string of the molecule is O=C(c1cc(-c2ccc(-c3ccccc3)cc2)nc2ccccc12)N1CCN(C(c2ccccc2)c2ccccc2)CC1. The van der Waals surface area contributed by atoms with Gasteiger partial charge in [-0.05, 0) is 34.4 Å². The number of carbonyl (C=O) groups is 1. The lowest BCUT2D eigenvalue weighted by Crippen LogP contribution is -2.49. The molecule has 2 heterocycles. The van der Waals surface area contributed by atoms with E-state index in [1.54, 1.807) is 0 Å². The highest BCUT2D eigenvalue weighted by Gasteiger charge is 2.29. The van der Waals surface area contributed by atoms with Gasteiger partial charge in [-0.1, -0.05) is 133 Å². The van der Waals surface area contributed by atoms with E-state index in [4.69, 9.17) is 4.98 Å². The summed E-state index contributed by atoms with van der Waals surface area (Å²) in [4.78, 5) is 23.6. The average Bonchev–Trinajstić information content (AvgIpc) is 3.09. The highest BCUT2D eigenvalue weighted by Crippen LogP contribution is 2.31. The number of hydrogen-bond donors (Lipinski definition) is 0. The molecule has 5 aromatic carbocycles. The molecule has 43 heavy (non-hydrogen) atoms. The zero-order valence-corrected chi connectivity index (χ0v) is 24.0. The Hall–Kier alpha value is -5.06. The van der Waals surface area contributed by atoms with Crippen LogP contribution in [-0.2, 0) is 0 Å². The van der Waals surface area contributed by atoms with Gasteiger partial charge < -0.3 is 4.90 Å². The standard InChI is InChI=1S/C39H33N3O/c43-39(42-26-24-41(25-27-42)38(32-14-6-2-7-15-32)33-16-8-3-9-17-33)35-28-37(40-36-19-11-10-18-34(35)36)31-22-20-30(21-23-31)29-12-4-1-5-13-29/h1-23,28,38H,24-27H2. The van der Waals surface area contributed by atoms with Gasteiger partial charge in [0.15, 0.2) is 0 Å². The summed E-state index contributed by atoms with van der Waals surface area (Å²) in [6, 6.07) is 50.2. The molecule has 0 unspecified atom stereocenters. The molecule has 7 rings (SSSR count). The maximum atomic E-state index is 14.1. The number of rotatable bonds is 6. The van der Waals surface area contributed by atoms with E-state index in [0.717, 1.165) is 40.8 Å². The molecular weight excluding hydrogens is 526 g/mol. The third kappa shape index (κ3) is 5.57. The van der Waals surface area contributed by atoms with Gasteiger partial charge in [0.1, 0.15) is 0 Å². The molecule has 210 valence electrons. The minimum absolute atomic E-state index is 0.0661. The summed E-state index contributed by atoms with van der Waals surface area (Å²) in [6.07, 6.45) is 0. The molecule has 4 heteroatoms. The second-order valence-corrected chi connectivity index (χ2v) is 11.1. The summed E-state index contributed by atoms with van der Waals surface area (Å²) >= 11 is 0. The Morgan fingerprint density at radius 1 is 0.558 bits per heavy atom. The summed E-state index contributed by atoms with van der Waals surface area (Å²) in [5.74, 6) is 0.0661. The maximum absolute atomic E-state index is 14.1. The summed E-state index contributed by atoms with van der Waals surface area (Å²) < 4.78 is 0. The van der Waals surface area contributed by atoms with E-state index < -0.39 is 0 Å². The molecule has 1 amide bonds. The Morgan fingerprint density at radius 3 is 1.70 bits per heavy atom. The van der Waals surface area contributed by atoms with Crippen molar-refractivity contribution in [1.29, 1.82) is 0 Å². The largest absolute Gasteiger partial charge is 0.336 e. The van der Waals surface area contributed by atoms with Gasteiger partial charge in [0.2, 0.25) is 0 Å². The number of amides is 1.